The summed E-state index contributed by atoms with van der Waals surface area (Å²) in [6.07, 6.45) is 9.71. The van der Waals surface area contributed by atoms with Gasteiger partial charge < -0.3 is 14.6 Å². The van der Waals surface area contributed by atoms with Crippen LogP contribution in [0.2, 0.25) is 0 Å². The monoisotopic (exact) mass is 334 g/mol. The van der Waals surface area contributed by atoms with Gasteiger partial charge in [0.1, 0.15) is 11.9 Å². The van der Waals surface area contributed by atoms with E-state index in [9.17, 15) is 9.90 Å². The van der Waals surface area contributed by atoms with E-state index in [0.717, 1.165) is 57.7 Å². The Hall–Kier alpha value is -1.40. The molecule has 134 valence electrons. The Labute approximate surface area is 144 Å². The van der Waals surface area contributed by atoms with Crippen LogP contribution in [-0.2, 0) is 11.8 Å². The SMILES string of the molecule is Cn1ccnc1C(O)C1CCN(CC(=O)N2CCCCCC2)CC1. The molecule has 0 bridgehead atoms. The molecule has 3 rings (SSSR count). The van der Waals surface area contributed by atoms with E-state index in [1.807, 2.05) is 22.7 Å². The number of carbonyl (C=O) groups is 1. The number of aromatic nitrogens is 2. The van der Waals surface area contributed by atoms with Crippen molar-refractivity contribution in [2.45, 2.75) is 44.6 Å². The number of likely N-dealkylation sites (tertiary alicyclic amines) is 2. The van der Waals surface area contributed by atoms with E-state index in [1.54, 1.807) is 6.20 Å². The average Bonchev–Trinajstić information content (AvgIpc) is 2.85. The number of aryl methyl sites for hydroxylation is 1. The van der Waals surface area contributed by atoms with Gasteiger partial charge in [-0.15, -0.1) is 0 Å². The minimum atomic E-state index is -0.506. The molecule has 0 aromatic carbocycles. The van der Waals surface area contributed by atoms with Crippen LogP contribution in [-0.4, -0.2) is 63.1 Å². The summed E-state index contributed by atoms with van der Waals surface area (Å²) in [5, 5.41) is 10.5. The fraction of sp³-hybridized carbons (Fsp3) is 0.778. The van der Waals surface area contributed by atoms with E-state index < -0.39 is 6.10 Å². The first-order valence-electron chi connectivity index (χ1n) is 9.30. The van der Waals surface area contributed by atoms with Gasteiger partial charge in [0.15, 0.2) is 0 Å². The smallest absolute Gasteiger partial charge is 0.236 e. The van der Waals surface area contributed by atoms with Gasteiger partial charge in [0.05, 0.1) is 6.54 Å². The maximum atomic E-state index is 12.5. The van der Waals surface area contributed by atoms with E-state index in [-0.39, 0.29) is 11.8 Å². The molecule has 0 spiro atoms. The van der Waals surface area contributed by atoms with Gasteiger partial charge in [-0.05, 0) is 44.7 Å². The number of imidazole rings is 1. The molecule has 6 nitrogen and oxygen atoms in total. The molecule has 6 heteroatoms. The Morgan fingerprint density at radius 3 is 2.46 bits per heavy atom. The number of aliphatic hydroxyl groups is 1. The summed E-state index contributed by atoms with van der Waals surface area (Å²) in [6, 6.07) is 0. The molecule has 2 aliphatic rings. The quantitative estimate of drug-likeness (QED) is 0.908. The molecule has 2 fully saturated rings. The zero-order valence-electron chi connectivity index (χ0n) is 14.7. The van der Waals surface area contributed by atoms with Crippen molar-refractivity contribution >= 4 is 5.91 Å². The van der Waals surface area contributed by atoms with E-state index in [4.69, 9.17) is 0 Å². The average molecular weight is 334 g/mol. The summed E-state index contributed by atoms with van der Waals surface area (Å²) in [6.45, 7) is 4.14. The van der Waals surface area contributed by atoms with Crippen molar-refractivity contribution in [2.24, 2.45) is 13.0 Å². The molecule has 2 aliphatic heterocycles. The summed E-state index contributed by atoms with van der Waals surface area (Å²) in [5.74, 6) is 1.25. The van der Waals surface area contributed by atoms with Crippen LogP contribution in [0.15, 0.2) is 12.4 Å². The van der Waals surface area contributed by atoms with Crippen molar-refractivity contribution in [3.05, 3.63) is 18.2 Å². The molecule has 24 heavy (non-hydrogen) atoms. The number of rotatable bonds is 4. The molecule has 3 heterocycles. The molecule has 0 aliphatic carbocycles. The largest absolute Gasteiger partial charge is 0.385 e. The van der Waals surface area contributed by atoms with Crippen LogP contribution in [0.25, 0.3) is 0 Å². The maximum Gasteiger partial charge on any atom is 0.236 e. The molecular formula is C18H30N4O2. The molecular weight excluding hydrogens is 304 g/mol. The standard InChI is InChI=1S/C18H30N4O2/c1-20-13-8-19-18(20)17(24)15-6-11-21(12-7-15)14-16(23)22-9-4-2-3-5-10-22/h8,13,15,17,24H,2-7,9-12,14H2,1H3. The Morgan fingerprint density at radius 1 is 1.21 bits per heavy atom. The fourth-order valence-corrected chi connectivity index (χ4v) is 3.91. The number of hydrogen-bond donors (Lipinski definition) is 1. The highest BCUT2D eigenvalue weighted by Crippen LogP contribution is 2.29. The lowest BCUT2D eigenvalue weighted by molar-refractivity contribution is -0.132. The molecule has 1 unspecified atom stereocenters. The van der Waals surface area contributed by atoms with Gasteiger partial charge in [-0.2, -0.15) is 0 Å². The molecule has 1 atom stereocenters. The molecule has 0 saturated carbocycles. The summed E-state index contributed by atoms with van der Waals surface area (Å²) in [5.41, 5.74) is 0. The van der Waals surface area contributed by atoms with Crippen molar-refractivity contribution in [2.75, 3.05) is 32.7 Å². The Kier molecular flexibility index (Phi) is 5.89. The van der Waals surface area contributed by atoms with Crippen molar-refractivity contribution in [1.82, 2.24) is 19.4 Å². The lowest BCUT2D eigenvalue weighted by Crippen LogP contribution is -2.44. The Bertz CT molecular complexity index is 529. The zero-order valence-corrected chi connectivity index (χ0v) is 14.7. The van der Waals surface area contributed by atoms with Crippen molar-refractivity contribution in [1.29, 1.82) is 0 Å². The number of carbonyl (C=O) groups excluding carboxylic acids is 1. The highest BCUT2D eigenvalue weighted by molar-refractivity contribution is 5.78. The van der Waals surface area contributed by atoms with Gasteiger partial charge >= 0.3 is 0 Å². The van der Waals surface area contributed by atoms with Gasteiger partial charge in [-0.3, -0.25) is 9.69 Å². The van der Waals surface area contributed by atoms with Gasteiger partial charge in [0.25, 0.3) is 0 Å². The molecule has 1 aromatic rings. The second-order valence-corrected chi connectivity index (χ2v) is 7.25. The lowest BCUT2D eigenvalue weighted by Gasteiger charge is -2.34. The highest BCUT2D eigenvalue weighted by atomic mass is 16.3. The minimum Gasteiger partial charge on any atom is -0.385 e. The zero-order chi connectivity index (χ0) is 16.9. The van der Waals surface area contributed by atoms with Crippen LogP contribution in [0.1, 0.15) is 50.5 Å². The fourth-order valence-electron chi connectivity index (χ4n) is 3.91. The second-order valence-electron chi connectivity index (χ2n) is 7.25. The molecule has 0 radical (unpaired) electrons. The predicted molar refractivity (Wildman–Crippen MR) is 92.4 cm³/mol. The van der Waals surface area contributed by atoms with Gasteiger partial charge in [0.2, 0.25) is 5.91 Å². The van der Waals surface area contributed by atoms with Crippen LogP contribution >= 0.6 is 0 Å². The first-order valence-corrected chi connectivity index (χ1v) is 9.30. The molecule has 1 N–H and O–H groups in total. The maximum absolute atomic E-state index is 12.5. The minimum absolute atomic E-state index is 0.232. The number of nitrogens with zero attached hydrogens (tertiary/aromatic N) is 4. The molecule has 1 aromatic heterocycles. The van der Waals surface area contributed by atoms with E-state index >= 15 is 0 Å². The van der Waals surface area contributed by atoms with E-state index in [0.29, 0.717) is 6.54 Å². The summed E-state index contributed by atoms with van der Waals surface area (Å²) >= 11 is 0. The van der Waals surface area contributed by atoms with Gasteiger partial charge in [-0.25, -0.2) is 4.98 Å². The lowest BCUT2D eigenvalue weighted by atomic mass is 9.90. The van der Waals surface area contributed by atoms with Gasteiger partial charge in [-0.1, -0.05) is 12.8 Å². The van der Waals surface area contributed by atoms with Crippen LogP contribution in [0.4, 0.5) is 0 Å². The first-order chi connectivity index (χ1) is 11.6. The van der Waals surface area contributed by atoms with Crippen LogP contribution in [0, 0.1) is 5.92 Å². The molecule has 2 saturated heterocycles. The number of hydrogen-bond acceptors (Lipinski definition) is 4. The number of piperidine rings is 1. The Balaban J connectivity index is 1.46. The van der Waals surface area contributed by atoms with Crippen molar-refractivity contribution in [3.8, 4) is 0 Å². The van der Waals surface area contributed by atoms with Gasteiger partial charge in [0, 0.05) is 32.5 Å². The Morgan fingerprint density at radius 2 is 1.88 bits per heavy atom. The predicted octanol–water partition coefficient (Wildman–Crippen LogP) is 1.57. The van der Waals surface area contributed by atoms with Crippen molar-refractivity contribution < 1.29 is 9.90 Å². The first kappa shape index (κ1) is 17.4. The van der Waals surface area contributed by atoms with Crippen molar-refractivity contribution in [3.63, 3.8) is 0 Å². The second kappa shape index (κ2) is 8.12. The number of amides is 1. The third-order valence-corrected chi connectivity index (χ3v) is 5.52. The topological polar surface area (TPSA) is 61.6 Å². The van der Waals surface area contributed by atoms with E-state index in [1.165, 1.54) is 12.8 Å². The van der Waals surface area contributed by atoms with E-state index in [2.05, 4.69) is 9.88 Å². The highest BCUT2D eigenvalue weighted by Gasteiger charge is 2.29. The third-order valence-electron chi connectivity index (χ3n) is 5.52. The summed E-state index contributed by atoms with van der Waals surface area (Å²) in [7, 11) is 1.92. The third kappa shape index (κ3) is 4.16. The molecule has 1 amide bonds. The van der Waals surface area contributed by atoms with Crippen LogP contribution < -0.4 is 0 Å². The summed E-state index contributed by atoms with van der Waals surface area (Å²) < 4.78 is 1.89. The number of aliphatic hydroxyl groups excluding tert-OH is 1. The van der Waals surface area contributed by atoms with Crippen LogP contribution in [0.5, 0.6) is 0 Å². The van der Waals surface area contributed by atoms with Crippen LogP contribution in [0.3, 0.4) is 0 Å². The summed E-state index contributed by atoms with van der Waals surface area (Å²) in [4.78, 5) is 21.0. The normalized spacial score (nSPS) is 22.3.